The summed E-state index contributed by atoms with van der Waals surface area (Å²) < 4.78 is 0. The molecule has 0 amide bonds. The average Bonchev–Trinajstić information content (AvgIpc) is 2.98. The van der Waals surface area contributed by atoms with E-state index in [1.165, 1.54) is 0 Å². The van der Waals surface area contributed by atoms with Crippen LogP contribution in [-0.4, -0.2) is 0 Å². The van der Waals surface area contributed by atoms with Gasteiger partial charge in [-0.15, -0.1) is 26.3 Å². The fourth-order valence-corrected chi connectivity index (χ4v) is 1.54. The van der Waals surface area contributed by atoms with Crippen molar-refractivity contribution in [1.82, 2.24) is 0 Å². The van der Waals surface area contributed by atoms with E-state index in [0.717, 1.165) is 0 Å². The Kier molecular flexibility index (Phi) is 104. The highest BCUT2D eigenvalue weighted by Crippen LogP contribution is 1.81. The van der Waals surface area contributed by atoms with Gasteiger partial charge in [-0.25, -0.2) is 0 Å². The van der Waals surface area contributed by atoms with Crippen molar-refractivity contribution in [2.75, 3.05) is 0 Å². The standard InChI is InChI=1S/4C6H6.2C2H6.2C2H4.4CH4.4H2/c4*1-2-4-6-5-3-1;4*1-2;;;;;;;;/h4*1-6H;2*1-2H3;2*1-2H2;4*1H4;4*1H/i;;;;;;;;;;;;4*1+1. The quantitative estimate of drug-likeness (QED) is 0.209. The van der Waals surface area contributed by atoms with Crippen molar-refractivity contribution in [1.29, 1.82) is 0 Å². The van der Waals surface area contributed by atoms with Crippen LogP contribution in [0.5, 0.6) is 0 Å². The lowest BCUT2D eigenvalue weighted by Crippen LogP contribution is -1.47. The minimum atomic E-state index is 0. The Morgan fingerprint density at radius 3 is 0.278 bits per heavy atom. The molecular formula is C36H68. The zero-order chi connectivity index (χ0) is 25.0. The third-order valence-electron chi connectivity index (χ3n) is 2.67. The van der Waals surface area contributed by atoms with Crippen molar-refractivity contribution in [2.24, 2.45) is 0 Å². The molecule has 0 bridgehead atoms. The molecule has 0 aliphatic heterocycles. The van der Waals surface area contributed by atoms with E-state index >= 15 is 0 Å². The molecule has 0 unspecified atom stereocenters. The molecule has 4 rings (SSSR count). The molecule has 4 aromatic rings. The van der Waals surface area contributed by atoms with E-state index in [2.05, 4.69) is 26.3 Å². The maximum atomic E-state index is 3.00. The van der Waals surface area contributed by atoms with Crippen LogP contribution in [0.3, 0.4) is 0 Å². The molecule has 0 fully saturated rings. The van der Waals surface area contributed by atoms with Gasteiger partial charge in [0.25, 0.3) is 0 Å². The molecule has 36 heavy (non-hydrogen) atoms. The molecule has 0 heteroatoms. The minimum absolute atomic E-state index is 0. The van der Waals surface area contributed by atoms with Crippen molar-refractivity contribution in [3.8, 4) is 0 Å². The average molecular weight is 505 g/mol. The maximum Gasteiger partial charge on any atom is 0 e. The summed E-state index contributed by atoms with van der Waals surface area (Å²) in [5.41, 5.74) is 0. The molecule has 0 nitrogen and oxygen atoms in total. The Labute approximate surface area is 235 Å². The normalized spacial score (nSPS) is 5.89. The van der Waals surface area contributed by atoms with Gasteiger partial charge in [-0.1, -0.05) is 203 Å². The topological polar surface area (TPSA) is 0 Å². The summed E-state index contributed by atoms with van der Waals surface area (Å²) in [5, 5.41) is 0. The minimum Gasteiger partial charge on any atom is -0.106 e. The zero-order valence-electron chi connectivity index (χ0n) is 20.7. The van der Waals surface area contributed by atoms with Gasteiger partial charge in [-0.05, 0) is 0 Å². The lowest BCUT2D eigenvalue weighted by molar-refractivity contribution is 1.50. The van der Waals surface area contributed by atoms with E-state index in [1.807, 2.05) is 173 Å². The maximum absolute atomic E-state index is 3.00. The van der Waals surface area contributed by atoms with Gasteiger partial charge in [0.15, 0.2) is 0 Å². The monoisotopic (exact) mass is 505 g/mol. The molecule has 0 saturated heterocycles. The second kappa shape index (κ2) is 69.7. The van der Waals surface area contributed by atoms with E-state index in [4.69, 9.17) is 0 Å². The predicted octanol–water partition coefficient (Wildman–Crippen LogP) is 13.9. The van der Waals surface area contributed by atoms with Crippen molar-refractivity contribution in [2.45, 2.75) is 57.4 Å². The molecule has 0 radical (unpaired) electrons. The van der Waals surface area contributed by atoms with Crippen molar-refractivity contribution in [3.05, 3.63) is 172 Å². The number of hydrogen-bond acceptors (Lipinski definition) is 0. The van der Waals surface area contributed by atoms with Crippen LogP contribution in [0.2, 0.25) is 0 Å². The smallest absolute Gasteiger partial charge is 0 e. The third kappa shape index (κ3) is 63.1. The van der Waals surface area contributed by atoms with Crippen LogP contribution in [0, 0.1) is 0 Å². The van der Waals surface area contributed by atoms with Crippen molar-refractivity contribution in [3.63, 3.8) is 0 Å². The highest BCUT2D eigenvalue weighted by molar-refractivity contribution is 5.00. The number of hydrogen-bond donors (Lipinski definition) is 0. The molecule has 0 aromatic heterocycles. The summed E-state index contributed by atoms with van der Waals surface area (Å²) >= 11 is 0. The molecule has 0 aliphatic carbocycles. The molecule has 0 heterocycles. The number of rotatable bonds is 0. The fraction of sp³-hybridized carbons (Fsp3) is 0.222. The van der Waals surface area contributed by atoms with Gasteiger partial charge in [0.1, 0.15) is 0 Å². The lowest BCUT2D eigenvalue weighted by atomic mass is 10.4. The SMILES string of the molecule is C.C.C.C.C=C.C=C.CC.CC.[2HH].[2HH].[2HH].[2HH].c1ccccc1.c1ccccc1.c1ccccc1.c1ccccc1. The third-order valence-corrected chi connectivity index (χ3v) is 2.67. The largest absolute Gasteiger partial charge is 0.106 e. The van der Waals surface area contributed by atoms with E-state index in [-0.39, 0.29) is 35.4 Å². The van der Waals surface area contributed by atoms with E-state index in [1.54, 1.807) is 0 Å². The molecule has 0 atom stereocenters. The molecule has 0 N–H and O–H groups in total. The van der Waals surface area contributed by atoms with Crippen LogP contribution in [-0.2, 0) is 0 Å². The Morgan fingerprint density at radius 1 is 0.222 bits per heavy atom. The molecule has 0 spiro atoms. The first-order valence-corrected chi connectivity index (χ1v) is 11.0. The van der Waals surface area contributed by atoms with Gasteiger partial charge in [-0.2, -0.15) is 0 Å². The fourth-order valence-electron chi connectivity index (χ4n) is 1.54. The van der Waals surface area contributed by atoms with Gasteiger partial charge < -0.3 is 0 Å². The molecule has 212 valence electrons. The second-order valence-corrected chi connectivity index (χ2v) is 4.62. The highest BCUT2D eigenvalue weighted by Gasteiger charge is 1.59. The summed E-state index contributed by atoms with van der Waals surface area (Å²) in [6.45, 7) is 20.0. The van der Waals surface area contributed by atoms with Crippen molar-refractivity contribution < 1.29 is 5.71 Å². The van der Waals surface area contributed by atoms with Crippen LogP contribution < -0.4 is 0 Å². The van der Waals surface area contributed by atoms with E-state index in [0.29, 0.717) is 0 Å². The number of benzene rings is 4. The second-order valence-electron chi connectivity index (χ2n) is 4.62. The first-order chi connectivity index (χ1) is 16.0. The Morgan fingerprint density at radius 2 is 0.250 bits per heavy atom. The van der Waals surface area contributed by atoms with Crippen LogP contribution >= 0.6 is 0 Å². The highest BCUT2D eigenvalue weighted by atomic mass is 13.7. The Balaban J connectivity index is -0.0000000227. The van der Waals surface area contributed by atoms with Crippen LogP contribution in [0.25, 0.3) is 0 Å². The van der Waals surface area contributed by atoms with Gasteiger partial charge in [-0.3, -0.25) is 0 Å². The predicted molar refractivity (Wildman–Crippen MR) is 186 cm³/mol. The summed E-state index contributed by atoms with van der Waals surface area (Å²) in [4.78, 5) is 0. The summed E-state index contributed by atoms with van der Waals surface area (Å²) in [6, 6.07) is 48.0. The summed E-state index contributed by atoms with van der Waals surface area (Å²) in [7, 11) is 0. The lowest BCUT2D eigenvalue weighted by Gasteiger charge is -1.69. The van der Waals surface area contributed by atoms with E-state index < -0.39 is 0 Å². The first kappa shape index (κ1) is 53.6. The molecule has 4 aromatic carbocycles. The van der Waals surface area contributed by atoms with Gasteiger partial charge >= 0.3 is 0 Å². The van der Waals surface area contributed by atoms with Crippen LogP contribution in [0.4, 0.5) is 0 Å². The first-order valence-electron chi connectivity index (χ1n) is 11.0. The Bertz CT molecular complexity index is 460. The molecular weight excluding hydrogens is 432 g/mol. The van der Waals surface area contributed by atoms with Gasteiger partial charge in [0, 0.05) is 5.71 Å². The van der Waals surface area contributed by atoms with Crippen LogP contribution in [0.1, 0.15) is 63.1 Å². The Hall–Kier alpha value is -3.64. The molecule has 0 aliphatic rings. The van der Waals surface area contributed by atoms with Crippen molar-refractivity contribution >= 4 is 0 Å². The zero-order valence-corrected chi connectivity index (χ0v) is 20.7. The van der Waals surface area contributed by atoms with E-state index in [9.17, 15) is 0 Å². The van der Waals surface area contributed by atoms with Crippen LogP contribution in [0.15, 0.2) is 172 Å². The summed E-state index contributed by atoms with van der Waals surface area (Å²) in [5.74, 6) is 0. The molecule has 0 saturated carbocycles. The van der Waals surface area contributed by atoms with Gasteiger partial charge in [0.05, 0.1) is 0 Å². The summed E-state index contributed by atoms with van der Waals surface area (Å²) in [6.07, 6.45) is 0. The van der Waals surface area contributed by atoms with Gasteiger partial charge in [0.2, 0.25) is 0 Å².